The van der Waals surface area contributed by atoms with E-state index < -0.39 is 0 Å². The van der Waals surface area contributed by atoms with Gasteiger partial charge in [0.05, 0.1) is 12.3 Å². The van der Waals surface area contributed by atoms with Crippen molar-refractivity contribution in [3.05, 3.63) is 0 Å². The Kier molecular flexibility index (Phi) is 7.15. The second-order valence-corrected chi connectivity index (χ2v) is 6.71. The lowest BCUT2D eigenvalue weighted by molar-refractivity contribution is -0.153. The summed E-state index contributed by atoms with van der Waals surface area (Å²) in [6.45, 7) is 0. The Balaban J connectivity index is 1.99. The van der Waals surface area contributed by atoms with Crippen LogP contribution in [-0.2, 0) is 23.8 Å². The largest absolute Gasteiger partial charge is 0.393 e. The van der Waals surface area contributed by atoms with Crippen molar-refractivity contribution < 1.29 is 23.8 Å². The summed E-state index contributed by atoms with van der Waals surface area (Å²) < 4.78 is 14.7. The number of carbonyl (C=O) groups is 2. The van der Waals surface area contributed by atoms with Crippen LogP contribution in [0.2, 0.25) is 12.1 Å². The number of rotatable bonds is 9. The van der Waals surface area contributed by atoms with Crippen LogP contribution >= 0.6 is 0 Å². The van der Waals surface area contributed by atoms with Crippen LogP contribution < -0.4 is 0 Å². The molecule has 0 aliphatic carbocycles. The summed E-state index contributed by atoms with van der Waals surface area (Å²) in [5.74, 6) is -0.886. The minimum Gasteiger partial charge on any atom is -0.393 e. The maximum atomic E-state index is 11.2. The van der Waals surface area contributed by atoms with E-state index in [1.165, 1.54) is 12.1 Å². The number of ether oxygens (including phenoxy) is 3. The van der Waals surface area contributed by atoms with Crippen molar-refractivity contribution in [2.45, 2.75) is 44.1 Å². The van der Waals surface area contributed by atoms with E-state index in [-0.39, 0.29) is 40.1 Å². The molecule has 0 bridgehead atoms. The van der Waals surface area contributed by atoms with E-state index >= 15 is 0 Å². The third-order valence-corrected chi connectivity index (χ3v) is 5.14. The molecular weight excluding hydrogens is 252 g/mol. The summed E-state index contributed by atoms with van der Waals surface area (Å²) in [6, 6.07) is 2.37. The van der Waals surface area contributed by atoms with Crippen molar-refractivity contribution in [1.82, 2.24) is 0 Å². The second-order valence-electron chi connectivity index (χ2n) is 4.59. The van der Waals surface area contributed by atoms with E-state index in [0.717, 1.165) is 19.3 Å². The molecule has 1 unspecified atom stereocenters. The van der Waals surface area contributed by atoms with Crippen molar-refractivity contribution in [2.24, 2.45) is 5.92 Å². The van der Waals surface area contributed by atoms with Crippen molar-refractivity contribution in [1.29, 1.82) is 0 Å². The first kappa shape index (κ1) is 15.3. The molecule has 0 radical (unpaired) electrons. The summed E-state index contributed by atoms with van der Waals surface area (Å²) >= 11 is 0. The topological polar surface area (TPSA) is 61.8 Å². The Morgan fingerprint density at radius 2 is 2.06 bits per heavy atom. The van der Waals surface area contributed by atoms with Crippen molar-refractivity contribution >= 4 is 21.5 Å². The number of carbonyl (C=O) groups excluding carboxylic acids is 2. The first-order valence-corrected chi connectivity index (χ1v) is 8.47. The molecule has 0 saturated carbocycles. The maximum Gasteiger partial charge on any atom is 0.317 e. The van der Waals surface area contributed by atoms with Crippen molar-refractivity contribution in [3.8, 4) is 0 Å². The quantitative estimate of drug-likeness (QED) is 0.205. The molecule has 1 rings (SSSR count). The van der Waals surface area contributed by atoms with Crippen LogP contribution in [0.15, 0.2) is 0 Å². The summed E-state index contributed by atoms with van der Waals surface area (Å²) in [6.07, 6.45) is 2.94. The van der Waals surface area contributed by atoms with E-state index in [1.807, 2.05) is 0 Å². The van der Waals surface area contributed by atoms with Gasteiger partial charge in [-0.25, -0.2) is 0 Å². The highest BCUT2D eigenvalue weighted by Gasteiger charge is 2.32. The van der Waals surface area contributed by atoms with Crippen LogP contribution in [0.3, 0.4) is 0 Å². The summed E-state index contributed by atoms with van der Waals surface area (Å²) in [4.78, 5) is 22.1. The molecule has 1 aliphatic rings. The van der Waals surface area contributed by atoms with Gasteiger partial charge in [0.2, 0.25) is 0 Å². The summed E-state index contributed by atoms with van der Waals surface area (Å²) in [7, 11) is 3.19. The average Bonchev–Trinajstić information content (AvgIpc) is 2.67. The van der Waals surface area contributed by atoms with Gasteiger partial charge < -0.3 is 14.2 Å². The number of methoxy groups -OCH3 is 2. The van der Waals surface area contributed by atoms with Crippen LogP contribution in [0.4, 0.5) is 0 Å². The highest BCUT2D eigenvalue weighted by atomic mass is 28.2. The number of cyclic esters (lactones) is 2. The first-order chi connectivity index (χ1) is 8.67. The monoisotopic (exact) mass is 274 g/mol. The Morgan fingerprint density at radius 1 is 1.33 bits per heavy atom. The molecule has 18 heavy (non-hydrogen) atoms. The number of hydrogen-bond donors (Lipinski definition) is 0. The minimum atomic E-state index is -0.370. The fourth-order valence-electron chi connectivity index (χ4n) is 2.13. The van der Waals surface area contributed by atoms with E-state index in [9.17, 15) is 9.59 Å². The first-order valence-electron chi connectivity index (χ1n) is 6.47. The van der Waals surface area contributed by atoms with E-state index in [0.29, 0.717) is 0 Å². The average molecular weight is 274 g/mol. The molecular formula is C12H22O5Si. The van der Waals surface area contributed by atoms with Gasteiger partial charge in [0.25, 0.3) is 0 Å². The Labute approximate surface area is 110 Å². The molecule has 104 valence electrons. The van der Waals surface area contributed by atoms with E-state index in [4.69, 9.17) is 9.47 Å². The zero-order chi connectivity index (χ0) is 13.4. The zero-order valence-corrected chi connectivity index (χ0v) is 12.6. The molecule has 0 N–H and O–H groups in total. The Hall–Kier alpha value is -0.723. The molecule has 6 heteroatoms. The normalized spacial score (nSPS) is 20.3. The highest BCUT2D eigenvalue weighted by molar-refractivity contribution is 6.35. The van der Waals surface area contributed by atoms with Crippen LogP contribution in [0.25, 0.3) is 0 Å². The van der Waals surface area contributed by atoms with Crippen molar-refractivity contribution in [2.75, 3.05) is 14.2 Å². The SMILES string of the molecule is COC(CC[SiH2]CCCC1CC(=O)OC1=O)OC. The smallest absolute Gasteiger partial charge is 0.317 e. The van der Waals surface area contributed by atoms with Gasteiger partial charge in [-0.2, -0.15) is 0 Å². The molecule has 0 aromatic heterocycles. The van der Waals surface area contributed by atoms with Crippen LogP contribution in [0.5, 0.6) is 0 Å². The van der Waals surface area contributed by atoms with E-state index in [2.05, 4.69) is 4.74 Å². The molecule has 1 aliphatic heterocycles. The predicted molar refractivity (Wildman–Crippen MR) is 69.0 cm³/mol. The number of hydrogen-bond acceptors (Lipinski definition) is 5. The van der Waals surface area contributed by atoms with Gasteiger partial charge in [0.1, 0.15) is 0 Å². The van der Waals surface area contributed by atoms with Crippen LogP contribution in [0, 0.1) is 5.92 Å². The fraction of sp³-hybridized carbons (Fsp3) is 0.833. The maximum absolute atomic E-state index is 11.2. The second kappa shape index (κ2) is 8.39. The minimum absolute atomic E-state index is 0.0834. The third-order valence-electron chi connectivity index (χ3n) is 3.23. The van der Waals surface area contributed by atoms with Crippen LogP contribution in [0.1, 0.15) is 25.7 Å². The molecule has 1 fully saturated rings. The summed E-state index contributed by atoms with van der Waals surface area (Å²) in [5.41, 5.74) is 0. The van der Waals surface area contributed by atoms with Crippen molar-refractivity contribution in [3.63, 3.8) is 0 Å². The molecule has 1 saturated heterocycles. The fourth-order valence-corrected chi connectivity index (χ4v) is 3.75. The van der Waals surface area contributed by atoms with Crippen LogP contribution in [-0.4, -0.2) is 42.0 Å². The molecule has 5 nitrogen and oxygen atoms in total. The standard InChI is InChI=1S/C12H22O5Si/c1-15-11(16-2)5-7-18-6-3-4-9-8-10(13)17-12(9)14/h9,11H,3-8,18H2,1-2H3. The van der Waals surface area contributed by atoms with Gasteiger partial charge in [0, 0.05) is 23.7 Å². The molecule has 0 amide bonds. The lowest BCUT2D eigenvalue weighted by Crippen LogP contribution is -2.13. The third kappa shape index (κ3) is 5.28. The zero-order valence-electron chi connectivity index (χ0n) is 11.1. The molecule has 1 atom stereocenters. The van der Waals surface area contributed by atoms with Gasteiger partial charge >= 0.3 is 11.9 Å². The van der Waals surface area contributed by atoms with Gasteiger partial charge in [-0.15, -0.1) is 0 Å². The number of esters is 2. The predicted octanol–water partition coefficient (Wildman–Crippen LogP) is 0.871. The Bertz CT molecular complexity index is 278. The van der Waals surface area contributed by atoms with Gasteiger partial charge in [0.15, 0.2) is 6.29 Å². The van der Waals surface area contributed by atoms with Gasteiger partial charge in [-0.05, 0) is 12.8 Å². The molecule has 0 aromatic carbocycles. The Morgan fingerprint density at radius 3 is 2.61 bits per heavy atom. The lowest BCUT2D eigenvalue weighted by Gasteiger charge is -2.12. The molecule has 0 spiro atoms. The van der Waals surface area contributed by atoms with Gasteiger partial charge in [-0.1, -0.05) is 18.5 Å². The molecule has 0 aromatic rings. The highest BCUT2D eigenvalue weighted by Crippen LogP contribution is 2.21. The lowest BCUT2D eigenvalue weighted by atomic mass is 10.0. The van der Waals surface area contributed by atoms with E-state index in [1.54, 1.807) is 14.2 Å². The summed E-state index contributed by atoms with van der Waals surface area (Å²) in [5, 5.41) is 0. The van der Waals surface area contributed by atoms with Gasteiger partial charge in [-0.3, -0.25) is 9.59 Å². The molecule has 1 heterocycles.